The summed E-state index contributed by atoms with van der Waals surface area (Å²) in [6, 6.07) is 6.64. The zero-order valence-corrected chi connectivity index (χ0v) is 13.0. The molecular weight excluding hydrogens is 281 g/mol. The first-order chi connectivity index (χ1) is 9.06. The van der Waals surface area contributed by atoms with E-state index in [-0.39, 0.29) is 0 Å². The maximum Gasteiger partial charge on any atom is 0.0512 e. The minimum Gasteiger partial charge on any atom is -0.381 e. The summed E-state index contributed by atoms with van der Waals surface area (Å²) in [7, 11) is 0. The molecule has 19 heavy (non-hydrogen) atoms. The Hall–Kier alpha value is -0.280. The number of rotatable bonds is 4. The van der Waals surface area contributed by atoms with E-state index in [1.165, 1.54) is 0 Å². The van der Waals surface area contributed by atoms with Gasteiger partial charge in [-0.25, -0.2) is 0 Å². The summed E-state index contributed by atoms with van der Waals surface area (Å²) in [6.45, 7) is 5.98. The highest BCUT2D eigenvalue weighted by molar-refractivity contribution is 6.33. The largest absolute Gasteiger partial charge is 0.381 e. The molecule has 2 rings (SSSR count). The normalized spacial score (nSPS) is 23.8. The summed E-state index contributed by atoms with van der Waals surface area (Å²) >= 11 is 12.3. The Labute approximate surface area is 125 Å². The van der Waals surface area contributed by atoms with Crippen LogP contribution in [-0.4, -0.2) is 25.3 Å². The summed E-state index contributed by atoms with van der Waals surface area (Å²) < 4.78 is 5.62. The SMILES string of the molecule is CC(C)N[C@@H]1CCOC[C@H]1Cc1cc(Cl)ccc1Cl. The third-order valence-corrected chi connectivity index (χ3v) is 4.12. The van der Waals surface area contributed by atoms with Crippen LogP contribution in [0.4, 0.5) is 0 Å². The summed E-state index contributed by atoms with van der Waals surface area (Å²) in [5, 5.41) is 5.16. The van der Waals surface area contributed by atoms with Crippen LogP contribution >= 0.6 is 23.2 Å². The molecule has 1 fully saturated rings. The van der Waals surface area contributed by atoms with E-state index in [0.717, 1.165) is 41.7 Å². The van der Waals surface area contributed by atoms with E-state index < -0.39 is 0 Å². The first kappa shape index (κ1) is 15.1. The fraction of sp³-hybridized carbons (Fsp3) is 0.600. The molecule has 0 saturated carbocycles. The molecular formula is C15H21Cl2NO. The number of ether oxygens (including phenoxy) is 1. The lowest BCUT2D eigenvalue weighted by Crippen LogP contribution is -2.46. The van der Waals surface area contributed by atoms with Gasteiger partial charge in [0.1, 0.15) is 0 Å². The topological polar surface area (TPSA) is 21.3 Å². The van der Waals surface area contributed by atoms with E-state index in [2.05, 4.69) is 19.2 Å². The van der Waals surface area contributed by atoms with Crippen LogP contribution in [0, 0.1) is 5.92 Å². The molecule has 0 aromatic heterocycles. The zero-order chi connectivity index (χ0) is 13.8. The maximum atomic E-state index is 6.25. The first-order valence-corrected chi connectivity index (χ1v) is 7.59. The number of hydrogen-bond donors (Lipinski definition) is 1. The summed E-state index contributed by atoms with van der Waals surface area (Å²) in [4.78, 5) is 0. The Morgan fingerprint density at radius 3 is 2.89 bits per heavy atom. The van der Waals surface area contributed by atoms with Gasteiger partial charge in [0.2, 0.25) is 0 Å². The van der Waals surface area contributed by atoms with Gasteiger partial charge in [0, 0.05) is 34.7 Å². The van der Waals surface area contributed by atoms with Crippen LogP contribution < -0.4 is 5.32 Å². The van der Waals surface area contributed by atoms with Crippen molar-refractivity contribution >= 4 is 23.2 Å². The van der Waals surface area contributed by atoms with Crippen molar-refractivity contribution in [2.24, 2.45) is 5.92 Å². The number of benzene rings is 1. The molecule has 1 saturated heterocycles. The second kappa shape index (κ2) is 6.94. The van der Waals surface area contributed by atoms with Crippen molar-refractivity contribution in [2.75, 3.05) is 13.2 Å². The lowest BCUT2D eigenvalue weighted by Gasteiger charge is -2.34. The summed E-state index contributed by atoms with van der Waals surface area (Å²) in [5.74, 6) is 0.451. The van der Waals surface area contributed by atoms with Gasteiger partial charge in [-0.3, -0.25) is 0 Å². The van der Waals surface area contributed by atoms with E-state index in [1.54, 1.807) is 0 Å². The Kier molecular flexibility index (Phi) is 5.52. The first-order valence-electron chi connectivity index (χ1n) is 6.84. The molecule has 0 spiro atoms. The van der Waals surface area contributed by atoms with Crippen LogP contribution in [0.3, 0.4) is 0 Å². The highest BCUT2D eigenvalue weighted by atomic mass is 35.5. The van der Waals surface area contributed by atoms with E-state index in [9.17, 15) is 0 Å². The van der Waals surface area contributed by atoms with Crippen LogP contribution in [0.5, 0.6) is 0 Å². The van der Waals surface area contributed by atoms with Crippen molar-refractivity contribution < 1.29 is 4.74 Å². The molecule has 0 bridgehead atoms. The molecule has 0 aliphatic carbocycles. The quantitative estimate of drug-likeness (QED) is 0.909. The fourth-order valence-corrected chi connectivity index (χ4v) is 3.02. The molecule has 106 valence electrons. The molecule has 4 heteroatoms. The third-order valence-electron chi connectivity index (χ3n) is 3.51. The highest BCUT2D eigenvalue weighted by Crippen LogP contribution is 2.26. The molecule has 0 amide bonds. The monoisotopic (exact) mass is 301 g/mol. The Bertz CT molecular complexity index is 423. The summed E-state index contributed by atoms with van der Waals surface area (Å²) in [5.41, 5.74) is 1.11. The average molecular weight is 302 g/mol. The third kappa shape index (κ3) is 4.35. The second-order valence-electron chi connectivity index (χ2n) is 5.49. The summed E-state index contributed by atoms with van der Waals surface area (Å²) in [6.07, 6.45) is 1.96. The number of hydrogen-bond acceptors (Lipinski definition) is 2. The molecule has 1 aromatic rings. The Balaban J connectivity index is 2.08. The predicted molar refractivity (Wildman–Crippen MR) is 81.2 cm³/mol. The van der Waals surface area contributed by atoms with Gasteiger partial charge in [-0.15, -0.1) is 0 Å². The molecule has 1 N–H and O–H groups in total. The molecule has 1 aliphatic heterocycles. The standard InChI is InChI=1S/C15H21Cl2NO/c1-10(2)18-15-5-6-19-9-12(15)7-11-8-13(16)3-4-14(11)17/h3-4,8,10,12,15,18H,5-7,9H2,1-2H3/t12-,15-/m1/s1. The van der Waals surface area contributed by atoms with Gasteiger partial charge in [0.25, 0.3) is 0 Å². The van der Waals surface area contributed by atoms with Gasteiger partial charge < -0.3 is 10.1 Å². The van der Waals surface area contributed by atoms with Crippen LogP contribution in [0.25, 0.3) is 0 Å². The highest BCUT2D eigenvalue weighted by Gasteiger charge is 2.26. The fourth-order valence-electron chi connectivity index (χ4n) is 2.63. The van der Waals surface area contributed by atoms with Crippen molar-refractivity contribution in [1.29, 1.82) is 0 Å². The zero-order valence-electron chi connectivity index (χ0n) is 11.5. The smallest absolute Gasteiger partial charge is 0.0512 e. The van der Waals surface area contributed by atoms with Crippen molar-refractivity contribution in [1.82, 2.24) is 5.32 Å². The van der Waals surface area contributed by atoms with Crippen LogP contribution in [0.2, 0.25) is 10.0 Å². The van der Waals surface area contributed by atoms with Gasteiger partial charge in [0.05, 0.1) is 6.61 Å². The van der Waals surface area contributed by atoms with Crippen LogP contribution in [0.1, 0.15) is 25.8 Å². The molecule has 1 aromatic carbocycles. The van der Waals surface area contributed by atoms with Crippen molar-refractivity contribution in [3.05, 3.63) is 33.8 Å². The molecule has 2 nitrogen and oxygen atoms in total. The molecule has 0 unspecified atom stereocenters. The molecule has 1 aliphatic rings. The molecule has 0 radical (unpaired) electrons. The van der Waals surface area contributed by atoms with Crippen molar-refractivity contribution in [2.45, 2.75) is 38.8 Å². The van der Waals surface area contributed by atoms with Gasteiger partial charge in [-0.1, -0.05) is 37.0 Å². The van der Waals surface area contributed by atoms with Gasteiger partial charge in [-0.05, 0) is 36.6 Å². The van der Waals surface area contributed by atoms with E-state index in [0.29, 0.717) is 18.0 Å². The Morgan fingerprint density at radius 2 is 2.16 bits per heavy atom. The minimum atomic E-state index is 0.451. The minimum absolute atomic E-state index is 0.451. The predicted octanol–water partition coefficient (Wildman–Crippen LogP) is 3.94. The lowest BCUT2D eigenvalue weighted by molar-refractivity contribution is 0.0300. The van der Waals surface area contributed by atoms with Crippen LogP contribution in [0.15, 0.2) is 18.2 Å². The van der Waals surface area contributed by atoms with E-state index in [1.807, 2.05) is 18.2 Å². The maximum absolute atomic E-state index is 6.25. The van der Waals surface area contributed by atoms with E-state index >= 15 is 0 Å². The van der Waals surface area contributed by atoms with Gasteiger partial charge >= 0.3 is 0 Å². The Morgan fingerprint density at radius 1 is 1.37 bits per heavy atom. The lowest BCUT2D eigenvalue weighted by atomic mass is 9.89. The molecule has 2 atom stereocenters. The molecule has 1 heterocycles. The second-order valence-corrected chi connectivity index (χ2v) is 6.34. The van der Waals surface area contributed by atoms with Crippen molar-refractivity contribution in [3.63, 3.8) is 0 Å². The van der Waals surface area contributed by atoms with Gasteiger partial charge in [0.15, 0.2) is 0 Å². The average Bonchev–Trinajstić information content (AvgIpc) is 2.35. The van der Waals surface area contributed by atoms with Crippen molar-refractivity contribution in [3.8, 4) is 0 Å². The van der Waals surface area contributed by atoms with Crippen LogP contribution in [-0.2, 0) is 11.2 Å². The number of halogens is 2. The number of nitrogens with one attached hydrogen (secondary N) is 1. The van der Waals surface area contributed by atoms with Gasteiger partial charge in [-0.2, -0.15) is 0 Å². The van der Waals surface area contributed by atoms with E-state index in [4.69, 9.17) is 27.9 Å².